The van der Waals surface area contributed by atoms with Gasteiger partial charge in [0, 0.05) is 32.4 Å². The summed E-state index contributed by atoms with van der Waals surface area (Å²) in [7, 11) is 3.52. The third-order valence-corrected chi connectivity index (χ3v) is 2.66. The molecule has 0 unspecified atom stereocenters. The largest absolute Gasteiger partial charge is 0.507 e. The number of amides is 1. The van der Waals surface area contributed by atoms with E-state index in [1.54, 1.807) is 41.0 Å². The van der Waals surface area contributed by atoms with Crippen LogP contribution < -0.4 is 0 Å². The molecule has 0 aliphatic carbocycles. The normalized spacial score (nSPS) is 10.3. The number of carbonyl (C=O) groups excluding carboxylic acids is 1. The minimum atomic E-state index is -0.211. The van der Waals surface area contributed by atoms with Crippen LogP contribution in [-0.4, -0.2) is 32.7 Å². The molecule has 2 aromatic rings. The standard InChI is InChI=1S/C13H15N3O2/c1-15(8-10-7-14-16(2)9-10)13(18)11-5-3-4-6-12(11)17/h3-7,9,17H,8H2,1-2H3. The molecule has 2 rings (SSSR count). The average Bonchev–Trinajstić information content (AvgIpc) is 2.74. The van der Waals surface area contributed by atoms with Gasteiger partial charge >= 0.3 is 0 Å². The number of phenolic OH excluding ortho intramolecular Hbond substituents is 1. The van der Waals surface area contributed by atoms with Crippen LogP contribution in [0.3, 0.4) is 0 Å². The minimum absolute atomic E-state index is 0.000497. The van der Waals surface area contributed by atoms with Crippen LogP contribution in [0.2, 0.25) is 0 Å². The highest BCUT2D eigenvalue weighted by Gasteiger charge is 2.15. The van der Waals surface area contributed by atoms with Crippen LogP contribution in [0, 0.1) is 0 Å². The monoisotopic (exact) mass is 245 g/mol. The van der Waals surface area contributed by atoms with E-state index < -0.39 is 0 Å². The zero-order chi connectivity index (χ0) is 13.1. The molecule has 1 aromatic carbocycles. The molecule has 0 bridgehead atoms. The fourth-order valence-electron chi connectivity index (χ4n) is 1.76. The number of rotatable bonds is 3. The smallest absolute Gasteiger partial charge is 0.257 e. The van der Waals surface area contributed by atoms with Crippen LogP contribution >= 0.6 is 0 Å². The van der Waals surface area contributed by atoms with Gasteiger partial charge in [-0.1, -0.05) is 12.1 Å². The van der Waals surface area contributed by atoms with Gasteiger partial charge in [0.15, 0.2) is 0 Å². The Morgan fingerprint density at radius 1 is 1.44 bits per heavy atom. The van der Waals surface area contributed by atoms with Crippen LogP contribution in [0.1, 0.15) is 15.9 Å². The van der Waals surface area contributed by atoms with E-state index in [0.717, 1.165) is 5.56 Å². The highest BCUT2D eigenvalue weighted by Crippen LogP contribution is 2.18. The van der Waals surface area contributed by atoms with Crippen molar-refractivity contribution in [2.45, 2.75) is 6.54 Å². The molecule has 0 radical (unpaired) electrons. The number of nitrogens with zero attached hydrogens (tertiary/aromatic N) is 3. The van der Waals surface area contributed by atoms with Gasteiger partial charge in [-0.3, -0.25) is 9.48 Å². The maximum Gasteiger partial charge on any atom is 0.257 e. The second-order valence-corrected chi connectivity index (χ2v) is 4.20. The molecule has 0 saturated heterocycles. The number of aryl methyl sites for hydroxylation is 1. The third-order valence-electron chi connectivity index (χ3n) is 2.66. The Morgan fingerprint density at radius 2 is 2.17 bits per heavy atom. The molecule has 0 spiro atoms. The predicted molar refractivity (Wildman–Crippen MR) is 67.1 cm³/mol. The van der Waals surface area contributed by atoms with Gasteiger partial charge < -0.3 is 10.0 Å². The van der Waals surface area contributed by atoms with Crippen LogP contribution in [0.5, 0.6) is 5.75 Å². The molecule has 0 fully saturated rings. The first-order valence-electron chi connectivity index (χ1n) is 5.59. The molecule has 1 N–H and O–H groups in total. The van der Waals surface area contributed by atoms with Crippen molar-refractivity contribution < 1.29 is 9.90 Å². The average molecular weight is 245 g/mol. The van der Waals surface area contributed by atoms with Gasteiger partial charge in [-0.25, -0.2) is 0 Å². The second kappa shape index (κ2) is 4.91. The molecule has 0 aliphatic heterocycles. The lowest BCUT2D eigenvalue weighted by atomic mass is 10.1. The Balaban J connectivity index is 2.12. The molecular weight excluding hydrogens is 230 g/mol. The van der Waals surface area contributed by atoms with Crippen molar-refractivity contribution >= 4 is 5.91 Å². The maximum absolute atomic E-state index is 12.1. The van der Waals surface area contributed by atoms with Gasteiger partial charge in [-0.15, -0.1) is 0 Å². The fraction of sp³-hybridized carbons (Fsp3) is 0.231. The second-order valence-electron chi connectivity index (χ2n) is 4.20. The summed E-state index contributed by atoms with van der Waals surface area (Å²) in [6.07, 6.45) is 3.57. The van der Waals surface area contributed by atoms with Gasteiger partial charge in [-0.05, 0) is 12.1 Å². The van der Waals surface area contributed by atoms with E-state index in [0.29, 0.717) is 12.1 Å². The van der Waals surface area contributed by atoms with Gasteiger partial charge in [0.1, 0.15) is 5.75 Å². The molecule has 1 amide bonds. The Bertz CT molecular complexity index is 563. The highest BCUT2D eigenvalue weighted by atomic mass is 16.3. The van der Waals surface area contributed by atoms with E-state index in [1.807, 2.05) is 13.2 Å². The summed E-state index contributed by atoms with van der Waals surface area (Å²) in [5, 5.41) is 13.7. The number of aromatic nitrogens is 2. The molecule has 0 saturated carbocycles. The lowest BCUT2D eigenvalue weighted by Crippen LogP contribution is -2.26. The van der Waals surface area contributed by atoms with Crippen LogP contribution in [0.25, 0.3) is 0 Å². The molecule has 5 nitrogen and oxygen atoms in total. The molecule has 0 atom stereocenters. The molecule has 5 heteroatoms. The Hall–Kier alpha value is -2.30. The van der Waals surface area contributed by atoms with Crippen molar-refractivity contribution in [2.75, 3.05) is 7.05 Å². The summed E-state index contributed by atoms with van der Waals surface area (Å²) >= 11 is 0. The van der Waals surface area contributed by atoms with Crippen molar-refractivity contribution in [1.82, 2.24) is 14.7 Å². The molecule has 18 heavy (non-hydrogen) atoms. The quantitative estimate of drug-likeness (QED) is 0.889. The molecular formula is C13H15N3O2. The third kappa shape index (κ3) is 2.51. The number of para-hydroxylation sites is 1. The molecule has 0 aliphatic rings. The van der Waals surface area contributed by atoms with Gasteiger partial charge in [-0.2, -0.15) is 5.10 Å². The SMILES string of the molecule is CN(Cc1cnn(C)c1)C(=O)c1ccccc1O. The zero-order valence-corrected chi connectivity index (χ0v) is 10.4. The minimum Gasteiger partial charge on any atom is -0.507 e. The topological polar surface area (TPSA) is 58.4 Å². The molecule has 1 aromatic heterocycles. The van der Waals surface area contributed by atoms with E-state index in [-0.39, 0.29) is 11.7 Å². The summed E-state index contributed by atoms with van der Waals surface area (Å²) in [4.78, 5) is 13.7. The Labute approximate surface area is 105 Å². The summed E-state index contributed by atoms with van der Waals surface area (Å²) in [6.45, 7) is 0.459. The number of hydrogen-bond acceptors (Lipinski definition) is 3. The lowest BCUT2D eigenvalue weighted by Gasteiger charge is -2.16. The van der Waals surface area contributed by atoms with E-state index in [1.165, 1.54) is 6.07 Å². The zero-order valence-electron chi connectivity index (χ0n) is 10.4. The van der Waals surface area contributed by atoms with Crippen molar-refractivity contribution in [3.63, 3.8) is 0 Å². The maximum atomic E-state index is 12.1. The summed E-state index contributed by atoms with van der Waals surface area (Å²) in [5.74, 6) is -0.211. The van der Waals surface area contributed by atoms with Gasteiger partial charge in [0.05, 0.1) is 11.8 Å². The van der Waals surface area contributed by atoms with E-state index in [2.05, 4.69) is 5.10 Å². The number of phenols is 1. The molecule has 1 heterocycles. The van der Waals surface area contributed by atoms with E-state index >= 15 is 0 Å². The fourth-order valence-corrected chi connectivity index (χ4v) is 1.76. The van der Waals surface area contributed by atoms with Crippen LogP contribution in [0.15, 0.2) is 36.7 Å². The summed E-state index contributed by atoms with van der Waals surface area (Å²) in [5.41, 5.74) is 1.26. The van der Waals surface area contributed by atoms with Crippen LogP contribution in [0.4, 0.5) is 0 Å². The first kappa shape index (κ1) is 12.2. The summed E-state index contributed by atoms with van der Waals surface area (Å²) < 4.78 is 1.69. The number of aromatic hydroxyl groups is 1. The van der Waals surface area contributed by atoms with Crippen molar-refractivity contribution in [1.29, 1.82) is 0 Å². The van der Waals surface area contributed by atoms with Gasteiger partial charge in [0.2, 0.25) is 0 Å². The Kier molecular flexibility index (Phi) is 3.32. The number of benzene rings is 1. The first-order valence-corrected chi connectivity index (χ1v) is 5.59. The number of carbonyl (C=O) groups is 1. The highest BCUT2D eigenvalue weighted by molar-refractivity contribution is 5.96. The van der Waals surface area contributed by atoms with E-state index in [4.69, 9.17) is 0 Å². The van der Waals surface area contributed by atoms with Gasteiger partial charge in [0.25, 0.3) is 5.91 Å². The molecule has 94 valence electrons. The first-order chi connectivity index (χ1) is 8.58. The van der Waals surface area contributed by atoms with Crippen molar-refractivity contribution in [3.05, 3.63) is 47.8 Å². The predicted octanol–water partition coefficient (Wildman–Crippen LogP) is 1.40. The summed E-state index contributed by atoms with van der Waals surface area (Å²) in [6, 6.07) is 6.53. The number of hydrogen-bond donors (Lipinski definition) is 1. The van der Waals surface area contributed by atoms with E-state index in [9.17, 15) is 9.90 Å². The lowest BCUT2D eigenvalue weighted by molar-refractivity contribution is 0.0782. The van der Waals surface area contributed by atoms with Crippen molar-refractivity contribution in [2.24, 2.45) is 7.05 Å². The Morgan fingerprint density at radius 3 is 2.78 bits per heavy atom. The van der Waals surface area contributed by atoms with Crippen molar-refractivity contribution in [3.8, 4) is 5.75 Å². The van der Waals surface area contributed by atoms with Crippen LogP contribution in [-0.2, 0) is 13.6 Å².